The number of carboxylic acids is 1. The number of rotatable bonds is 4. The smallest absolute Gasteiger partial charge is 0.335 e. The van der Waals surface area contributed by atoms with Gasteiger partial charge in [0, 0.05) is 12.2 Å². The maximum atomic E-state index is 12.5. The Labute approximate surface area is 117 Å². The van der Waals surface area contributed by atoms with Crippen LogP contribution in [-0.4, -0.2) is 39.5 Å². The second-order valence-electron chi connectivity index (χ2n) is 4.81. The van der Waals surface area contributed by atoms with Gasteiger partial charge in [-0.25, -0.2) is 4.79 Å². The SMILES string of the molecule is C#CCN(C(=O)c1cc(C(=O)O)ccn1)C1CCCC1. The molecule has 0 aromatic carbocycles. The second kappa shape index (κ2) is 6.20. The number of carbonyl (C=O) groups is 2. The molecule has 0 atom stereocenters. The van der Waals surface area contributed by atoms with Gasteiger partial charge in [-0.2, -0.15) is 0 Å². The van der Waals surface area contributed by atoms with E-state index in [-0.39, 0.29) is 29.8 Å². The van der Waals surface area contributed by atoms with Crippen LogP contribution >= 0.6 is 0 Å². The van der Waals surface area contributed by atoms with Crippen molar-refractivity contribution in [2.75, 3.05) is 6.54 Å². The molecule has 1 fully saturated rings. The largest absolute Gasteiger partial charge is 0.478 e. The summed E-state index contributed by atoms with van der Waals surface area (Å²) in [6.45, 7) is 0.225. The molecule has 1 aromatic heterocycles. The lowest BCUT2D eigenvalue weighted by molar-refractivity contribution is 0.0696. The third-order valence-electron chi connectivity index (χ3n) is 3.51. The highest BCUT2D eigenvalue weighted by Gasteiger charge is 2.27. The van der Waals surface area contributed by atoms with Crippen molar-refractivity contribution in [3.8, 4) is 12.3 Å². The fourth-order valence-corrected chi connectivity index (χ4v) is 2.51. The molecule has 104 valence electrons. The third kappa shape index (κ3) is 2.97. The summed E-state index contributed by atoms with van der Waals surface area (Å²) in [5, 5.41) is 8.96. The summed E-state index contributed by atoms with van der Waals surface area (Å²) in [4.78, 5) is 29.0. The number of nitrogens with zero attached hydrogens (tertiary/aromatic N) is 2. The predicted octanol–water partition coefficient (Wildman–Crippen LogP) is 1.80. The zero-order chi connectivity index (χ0) is 14.5. The van der Waals surface area contributed by atoms with Gasteiger partial charge in [-0.05, 0) is 25.0 Å². The van der Waals surface area contributed by atoms with Gasteiger partial charge in [-0.15, -0.1) is 6.42 Å². The van der Waals surface area contributed by atoms with E-state index in [1.54, 1.807) is 4.90 Å². The quantitative estimate of drug-likeness (QED) is 0.848. The van der Waals surface area contributed by atoms with E-state index in [1.807, 2.05) is 0 Å². The Bertz CT molecular complexity index is 556. The molecule has 1 aliphatic rings. The highest BCUT2D eigenvalue weighted by molar-refractivity contribution is 5.96. The lowest BCUT2D eigenvalue weighted by Gasteiger charge is -2.26. The first-order valence-corrected chi connectivity index (χ1v) is 6.57. The number of aromatic nitrogens is 1. The third-order valence-corrected chi connectivity index (χ3v) is 3.51. The summed E-state index contributed by atoms with van der Waals surface area (Å²) in [6, 6.07) is 2.79. The van der Waals surface area contributed by atoms with Gasteiger partial charge in [0.15, 0.2) is 0 Å². The van der Waals surface area contributed by atoms with Crippen LogP contribution in [0.4, 0.5) is 0 Å². The van der Waals surface area contributed by atoms with Crippen molar-refractivity contribution in [3.05, 3.63) is 29.6 Å². The molecule has 1 heterocycles. The van der Waals surface area contributed by atoms with E-state index < -0.39 is 5.97 Å². The minimum absolute atomic E-state index is 0.0513. The Morgan fingerprint density at radius 2 is 2.15 bits per heavy atom. The van der Waals surface area contributed by atoms with E-state index in [1.165, 1.54) is 18.3 Å². The second-order valence-corrected chi connectivity index (χ2v) is 4.81. The van der Waals surface area contributed by atoms with Crippen LogP contribution in [0.5, 0.6) is 0 Å². The topological polar surface area (TPSA) is 70.5 Å². The normalized spacial score (nSPS) is 14.8. The number of amides is 1. The summed E-state index contributed by atoms with van der Waals surface area (Å²) in [5.41, 5.74) is 0.183. The highest BCUT2D eigenvalue weighted by atomic mass is 16.4. The Hall–Kier alpha value is -2.35. The van der Waals surface area contributed by atoms with E-state index in [9.17, 15) is 9.59 Å². The van der Waals surface area contributed by atoms with Gasteiger partial charge in [0.1, 0.15) is 5.69 Å². The molecule has 0 aliphatic heterocycles. The molecule has 1 aliphatic carbocycles. The van der Waals surface area contributed by atoms with Gasteiger partial charge in [0.2, 0.25) is 0 Å². The molecule has 0 spiro atoms. The molecule has 0 radical (unpaired) electrons. The Morgan fingerprint density at radius 1 is 1.45 bits per heavy atom. The van der Waals surface area contributed by atoms with Crippen LogP contribution in [0, 0.1) is 12.3 Å². The lowest BCUT2D eigenvalue weighted by atomic mass is 10.1. The summed E-state index contributed by atoms with van der Waals surface area (Å²) in [5.74, 6) is 1.12. The molecule has 1 aromatic rings. The van der Waals surface area contributed by atoms with Gasteiger partial charge in [-0.3, -0.25) is 9.78 Å². The molecular formula is C15H16N2O3. The maximum absolute atomic E-state index is 12.5. The first kappa shape index (κ1) is 14.1. The van der Waals surface area contributed by atoms with Crippen LogP contribution in [0.25, 0.3) is 0 Å². The van der Waals surface area contributed by atoms with Gasteiger partial charge in [0.25, 0.3) is 5.91 Å². The van der Waals surface area contributed by atoms with E-state index in [0.29, 0.717) is 0 Å². The molecular weight excluding hydrogens is 256 g/mol. The van der Waals surface area contributed by atoms with Crippen LogP contribution in [0.3, 0.4) is 0 Å². The fraction of sp³-hybridized carbons (Fsp3) is 0.400. The fourth-order valence-electron chi connectivity index (χ4n) is 2.51. The molecule has 1 saturated carbocycles. The van der Waals surface area contributed by atoms with Gasteiger partial charge in [-0.1, -0.05) is 18.8 Å². The summed E-state index contributed by atoms with van der Waals surface area (Å²) >= 11 is 0. The summed E-state index contributed by atoms with van der Waals surface area (Å²) < 4.78 is 0. The number of carbonyl (C=O) groups excluding carboxylic acids is 1. The Balaban J connectivity index is 2.25. The number of hydrogen-bond donors (Lipinski definition) is 1. The average Bonchev–Trinajstić information content (AvgIpc) is 2.98. The zero-order valence-corrected chi connectivity index (χ0v) is 11.1. The van der Waals surface area contributed by atoms with Gasteiger partial charge in [0.05, 0.1) is 12.1 Å². The van der Waals surface area contributed by atoms with E-state index in [4.69, 9.17) is 11.5 Å². The maximum Gasteiger partial charge on any atom is 0.335 e. The molecule has 0 saturated heterocycles. The lowest BCUT2D eigenvalue weighted by Crippen LogP contribution is -2.39. The zero-order valence-electron chi connectivity index (χ0n) is 11.1. The Kier molecular flexibility index (Phi) is 4.36. The van der Waals surface area contributed by atoms with E-state index in [2.05, 4.69) is 10.9 Å². The van der Waals surface area contributed by atoms with Crippen molar-refractivity contribution in [1.29, 1.82) is 0 Å². The molecule has 5 heteroatoms. The number of pyridine rings is 1. The molecule has 0 bridgehead atoms. The van der Waals surface area contributed by atoms with Crippen molar-refractivity contribution in [2.45, 2.75) is 31.7 Å². The van der Waals surface area contributed by atoms with Gasteiger partial charge >= 0.3 is 5.97 Å². The van der Waals surface area contributed by atoms with Crippen molar-refractivity contribution in [3.63, 3.8) is 0 Å². The minimum atomic E-state index is -1.08. The summed E-state index contributed by atoms with van der Waals surface area (Å²) in [7, 11) is 0. The van der Waals surface area contributed by atoms with Crippen LogP contribution in [0.2, 0.25) is 0 Å². The molecule has 1 N–H and O–H groups in total. The first-order valence-electron chi connectivity index (χ1n) is 6.57. The van der Waals surface area contributed by atoms with Gasteiger partial charge < -0.3 is 10.0 Å². The van der Waals surface area contributed by atoms with Crippen molar-refractivity contribution in [1.82, 2.24) is 9.88 Å². The molecule has 5 nitrogen and oxygen atoms in total. The molecule has 2 rings (SSSR count). The Morgan fingerprint density at radius 3 is 2.75 bits per heavy atom. The average molecular weight is 272 g/mol. The van der Waals surface area contributed by atoms with E-state index >= 15 is 0 Å². The summed E-state index contributed by atoms with van der Waals surface area (Å²) in [6.07, 6.45) is 10.7. The molecule has 0 unspecified atom stereocenters. The van der Waals surface area contributed by atoms with Crippen molar-refractivity contribution < 1.29 is 14.7 Å². The van der Waals surface area contributed by atoms with Crippen molar-refractivity contribution >= 4 is 11.9 Å². The van der Waals surface area contributed by atoms with E-state index in [0.717, 1.165) is 25.7 Å². The van der Waals surface area contributed by atoms with Crippen LogP contribution in [0.15, 0.2) is 18.3 Å². The predicted molar refractivity (Wildman–Crippen MR) is 73.3 cm³/mol. The highest BCUT2D eigenvalue weighted by Crippen LogP contribution is 2.24. The first-order chi connectivity index (χ1) is 9.63. The van der Waals surface area contributed by atoms with Crippen LogP contribution < -0.4 is 0 Å². The van der Waals surface area contributed by atoms with Crippen LogP contribution in [0.1, 0.15) is 46.5 Å². The number of aromatic carboxylic acids is 1. The standard InChI is InChI=1S/C15H16N2O3/c1-2-9-17(12-5-3-4-6-12)14(18)13-10-11(15(19)20)7-8-16-13/h1,7-8,10,12H,3-6,9H2,(H,19,20). The number of carboxylic acid groups (broad SMARTS) is 1. The molecule has 1 amide bonds. The number of hydrogen-bond acceptors (Lipinski definition) is 3. The molecule has 20 heavy (non-hydrogen) atoms. The van der Waals surface area contributed by atoms with Crippen molar-refractivity contribution in [2.24, 2.45) is 0 Å². The van der Waals surface area contributed by atoms with Crippen LogP contribution in [-0.2, 0) is 0 Å². The number of terminal acetylenes is 1. The monoisotopic (exact) mass is 272 g/mol. The minimum Gasteiger partial charge on any atom is -0.478 e.